The van der Waals surface area contributed by atoms with Crippen molar-refractivity contribution in [3.63, 3.8) is 0 Å². The number of para-hydroxylation sites is 1. The molecule has 0 heterocycles. The molecular formula is C20H23NO2. The summed E-state index contributed by atoms with van der Waals surface area (Å²) < 4.78 is 0. The molecular weight excluding hydrogens is 286 g/mol. The molecule has 1 N–H and O–H groups in total. The molecule has 0 atom stereocenters. The number of anilines is 1. The minimum absolute atomic E-state index is 0.0437. The maximum Gasteiger partial charge on any atom is 0.255 e. The third kappa shape index (κ3) is 4.78. The molecule has 0 bridgehead atoms. The standard InChI is InChI=1S/C20H23NO2/c1-14-7-5-6-8-17(14)21-19(23)16-11-9-15(10-12-16)18(22)13-20(2,3)4/h5-12H,13H2,1-4H3,(H,21,23). The third-order valence-corrected chi connectivity index (χ3v) is 3.55. The highest BCUT2D eigenvalue weighted by Gasteiger charge is 2.17. The van der Waals surface area contributed by atoms with Gasteiger partial charge in [-0.05, 0) is 36.1 Å². The van der Waals surface area contributed by atoms with Crippen molar-refractivity contribution < 1.29 is 9.59 Å². The number of rotatable bonds is 4. The van der Waals surface area contributed by atoms with Crippen molar-refractivity contribution in [1.82, 2.24) is 0 Å². The Morgan fingerprint density at radius 2 is 1.48 bits per heavy atom. The van der Waals surface area contributed by atoms with Crippen LogP contribution in [-0.4, -0.2) is 11.7 Å². The Labute approximate surface area is 137 Å². The normalized spacial score (nSPS) is 11.1. The number of hydrogen-bond donors (Lipinski definition) is 1. The van der Waals surface area contributed by atoms with Crippen LogP contribution in [0.5, 0.6) is 0 Å². The minimum Gasteiger partial charge on any atom is -0.322 e. The van der Waals surface area contributed by atoms with Gasteiger partial charge in [0.15, 0.2) is 5.78 Å². The highest BCUT2D eigenvalue weighted by Crippen LogP contribution is 2.22. The molecule has 2 aromatic carbocycles. The summed E-state index contributed by atoms with van der Waals surface area (Å²) >= 11 is 0. The van der Waals surface area contributed by atoms with Crippen LogP contribution in [0.1, 0.15) is 53.5 Å². The van der Waals surface area contributed by atoms with Gasteiger partial charge in [0.25, 0.3) is 5.91 Å². The molecule has 0 aliphatic heterocycles. The van der Waals surface area contributed by atoms with Crippen LogP contribution in [-0.2, 0) is 0 Å². The average Bonchev–Trinajstić information content (AvgIpc) is 2.48. The van der Waals surface area contributed by atoms with Gasteiger partial charge in [-0.15, -0.1) is 0 Å². The van der Waals surface area contributed by atoms with Crippen LogP contribution in [0.25, 0.3) is 0 Å². The molecule has 1 amide bonds. The Morgan fingerprint density at radius 3 is 2.04 bits per heavy atom. The summed E-state index contributed by atoms with van der Waals surface area (Å²) in [6, 6.07) is 14.5. The minimum atomic E-state index is -0.172. The fourth-order valence-corrected chi connectivity index (χ4v) is 2.30. The van der Waals surface area contributed by atoms with E-state index in [0.717, 1.165) is 11.3 Å². The van der Waals surface area contributed by atoms with Gasteiger partial charge in [-0.1, -0.05) is 51.1 Å². The molecule has 0 saturated heterocycles. The number of Topliss-reactive ketones (excluding diaryl/α,β-unsaturated/α-hetero) is 1. The maximum absolute atomic E-state index is 12.3. The van der Waals surface area contributed by atoms with Gasteiger partial charge in [0, 0.05) is 23.2 Å². The van der Waals surface area contributed by atoms with E-state index in [1.807, 2.05) is 52.0 Å². The second-order valence-electron chi connectivity index (χ2n) is 7.01. The van der Waals surface area contributed by atoms with E-state index in [2.05, 4.69) is 5.32 Å². The lowest BCUT2D eigenvalue weighted by Gasteiger charge is -2.16. The predicted molar refractivity (Wildman–Crippen MR) is 94.0 cm³/mol. The van der Waals surface area contributed by atoms with Crippen molar-refractivity contribution in [3.8, 4) is 0 Å². The summed E-state index contributed by atoms with van der Waals surface area (Å²) in [5, 5.41) is 2.89. The summed E-state index contributed by atoms with van der Waals surface area (Å²) in [4.78, 5) is 24.5. The number of carbonyl (C=O) groups is 2. The summed E-state index contributed by atoms with van der Waals surface area (Å²) in [5.74, 6) is -0.0718. The third-order valence-electron chi connectivity index (χ3n) is 3.55. The highest BCUT2D eigenvalue weighted by atomic mass is 16.1. The predicted octanol–water partition coefficient (Wildman–Crippen LogP) is 4.87. The first kappa shape index (κ1) is 16.9. The Kier molecular flexibility index (Phi) is 4.99. The first-order valence-electron chi connectivity index (χ1n) is 7.76. The van der Waals surface area contributed by atoms with E-state index in [-0.39, 0.29) is 17.1 Å². The van der Waals surface area contributed by atoms with Gasteiger partial charge in [0.1, 0.15) is 0 Å². The number of hydrogen-bond acceptors (Lipinski definition) is 2. The van der Waals surface area contributed by atoms with Crippen molar-refractivity contribution in [1.29, 1.82) is 0 Å². The zero-order valence-corrected chi connectivity index (χ0v) is 14.1. The maximum atomic E-state index is 12.3. The van der Waals surface area contributed by atoms with E-state index >= 15 is 0 Å². The molecule has 23 heavy (non-hydrogen) atoms. The molecule has 0 unspecified atom stereocenters. The largest absolute Gasteiger partial charge is 0.322 e. The molecule has 120 valence electrons. The van der Waals surface area contributed by atoms with Crippen LogP contribution < -0.4 is 5.32 Å². The molecule has 3 nitrogen and oxygen atoms in total. The summed E-state index contributed by atoms with van der Waals surface area (Å²) in [6.07, 6.45) is 0.488. The molecule has 0 aliphatic rings. The lowest BCUT2D eigenvalue weighted by atomic mass is 9.88. The van der Waals surface area contributed by atoms with Crippen molar-refractivity contribution in [2.45, 2.75) is 34.1 Å². The molecule has 0 radical (unpaired) electrons. The van der Waals surface area contributed by atoms with Crippen LogP contribution in [0.3, 0.4) is 0 Å². The monoisotopic (exact) mass is 309 g/mol. The van der Waals surface area contributed by atoms with Crippen LogP contribution >= 0.6 is 0 Å². The van der Waals surface area contributed by atoms with Gasteiger partial charge >= 0.3 is 0 Å². The summed E-state index contributed by atoms with van der Waals surface area (Å²) in [6.45, 7) is 8.06. The lowest BCUT2D eigenvalue weighted by molar-refractivity contribution is 0.0938. The van der Waals surface area contributed by atoms with Crippen LogP contribution in [0.4, 0.5) is 5.69 Å². The quantitative estimate of drug-likeness (QED) is 0.819. The Bertz CT molecular complexity index is 709. The van der Waals surface area contributed by atoms with Gasteiger partial charge < -0.3 is 5.32 Å². The zero-order valence-electron chi connectivity index (χ0n) is 14.1. The van der Waals surface area contributed by atoms with Crippen LogP contribution in [0.2, 0.25) is 0 Å². The van der Waals surface area contributed by atoms with Gasteiger partial charge in [-0.25, -0.2) is 0 Å². The SMILES string of the molecule is Cc1ccccc1NC(=O)c1ccc(C(=O)CC(C)(C)C)cc1. The Hall–Kier alpha value is -2.42. The van der Waals surface area contributed by atoms with Gasteiger partial charge in [-0.3, -0.25) is 9.59 Å². The van der Waals surface area contributed by atoms with Crippen molar-refractivity contribution >= 4 is 17.4 Å². The molecule has 0 fully saturated rings. The highest BCUT2D eigenvalue weighted by molar-refractivity contribution is 6.05. The zero-order chi connectivity index (χ0) is 17.0. The number of amides is 1. The average molecular weight is 309 g/mol. The van der Waals surface area contributed by atoms with Crippen LogP contribution in [0, 0.1) is 12.3 Å². The van der Waals surface area contributed by atoms with E-state index in [4.69, 9.17) is 0 Å². The molecule has 0 aliphatic carbocycles. The molecule has 2 rings (SSSR count). The van der Waals surface area contributed by atoms with Gasteiger partial charge in [0.2, 0.25) is 0 Å². The fraction of sp³-hybridized carbons (Fsp3) is 0.300. The van der Waals surface area contributed by atoms with Crippen LogP contribution in [0.15, 0.2) is 48.5 Å². The van der Waals surface area contributed by atoms with E-state index in [9.17, 15) is 9.59 Å². The second-order valence-corrected chi connectivity index (χ2v) is 7.01. The van der Waals surface area contributed by atoms with Crippen molar-refractivity contribution in [3.05, 3.63) is 65.2 Å². The number of nitrogens with one attached hydrogen (secondary N) is 1. The topological polar surface area (TPSA) is 46.2 Å². The number of ketones is 1. The van der Waals surface area contributed by atoms with Crippen molar-refractivity contribution in [2.24, 2.45) is 5.41 Å². The Balaban J connectivity index is 2.09. The lowest BCUT2D eigenvalue weighted by Crippen LogP contribution is -2.14. The summed E-state index contributed by atoms with van der Waals surface area (Å²) in [7, 11) is 0. The first-order valence-corrected chi connectivity index (χ1v) is 7.76. The van der Waals surface area contributed by atoms with E-state index in [1.165, 1.54) is 0 Å². The molecule has 0 spiro atoms. The second kappa shape index (κ2) is 6.78. The molecule has 3 heteroatoms. The number of carbonyl (C=O) groups excluding carboxylic acids is 2. The number of benzene rings is 2. The van der Waals surface area contributed by atoms with E-state index in [1.54, 1.807) is 24.3 Å². The molecule has 2 aromatic rings. The number of aryl methyl sites for hydroxylation is 1. The van der Waals surface area contributed by atoms with Gasteiger partial charge in [0.05, 0.1) is 0 Å². The van der Waals surface area contributed by atoms with E-state index < -0.39 is 0 Å². The molecule has 0 aromatic heterocycles. The van der Waals surface area contributed by atoms with Crippen molar-refractivity contribution in [2.75, 3.05) is 5.32 Å². The van der Waals surface area contributed by atoms with E-state index in [0.29, 0.717) is 17.5 Å². The first-order chi connectivity index (χ1) is 10.8. The summed E-state index contributed by atoms with van der Waals surface area (Å²) in [5.41, 5.74) is 2.95. The van der Waals surface area contributed by atoms with Gasteiger partial charge in [-0.2, -0.15) is 0 Å². The smallest absolute Gasteiger partial charge is 0.255 e. The molecule has 0 saturated carbocycles. The fourth-order valence-electron chi connectivity index (χ4n) is 2.30. The Morgan fingerprint density at radius 1 is 0.913 bits per heavy atom.